The Morgan fingerprint density at radius 3 is 2.65 bits per heavy atom. The van der Waals surface area contributed by atoms with Gasteiger partial charge < -0.3 is 20.4 Å². The summed E-state index contributed by atoms with van der Waals surface area (Å²) in [5.41, 5.74) is 2.57. The molecule has 1 aliphatic rings. The molecule has 1 fully saturated rings. The molecule has 1 aliphatic heterocycles. The molecule has 2 aromatic heterocycles. The number of halogens is 2. The monoisotopic (exact) mass is 501 g/mol. The smallest absolute Gasteiger partial charge is 0.247 e. The zero-order chi connectivity index (χ0) is 25.9. The molecule has 4 aromatic rings. The average molecular weight is 502 g/mol. The molecule has 188 valence electrons. The number of nitrogens with zero attached hydrogens (tertiary/aromatic N) is 5. The SMILES string of the molecule is C=CC(=O)Nc1ccnc(-c2cccc3cnc(Nc4ccc(N5CCN(C)CC5)c(F)c4F)nc23)c1. The first-order chi connectivity index (χ1) is 17.9. The molecule has 0 atom stereocenters. The first-order valence-corrected chi connectivity index (χ1v) is 11.8. The fourth-order valence-corrected chi connectivity index (χ4v) is 4.22. The number of aromatic nitrogens is 3. The topological polar surface area (TPSA) is 86.3 Å². The lowest BCUT2D eigenvalue weighted by Gasteiger charge is -2.34. The van der Waals surface area contributed by atoms with Crippen molar-refractivity contribution >= 4 is 39.8 Å². The van der Waals surface area contributed by atoms with Gasteiger partial charge in [0.25, 0.3) is 0 Å². The number of anilines is 4. The lowest BCUT2D eigenvalue weighted by molar-refractivity contribution is -0.111. The van der Waals surface area contributed by atoms with Crippen molar-refractivity contribution in [2.75, 3.05) is 48.8 Å². The van der Waals surface area contributed by atoms with Crippen LogP contribution in [-0.4, -0.2) is 59.0 Å². The van der Waals surface area contributed by atoms with Gasteiger partial charge in [-0.15, -0.1) is 0 Å². The summed E-state index contributed by atoms with van der Waals surface area (Å²) >= 11 is 0. The number of piperazine rings is 1. The number of pyridine rings is 1. The molecule has 0 spiro atoms. The Hall–Kier alpha value is -4.44. The zero-order valence-corrected chi connectivity index (χ0v) is 20.2. The van der Waals surface area contributed by atoms with E-state index in [1.807, 2.05) is 30.1 Å². The van der Waals surface area contributed by atoms with Crippen LogP contribution < -0.4 is 15.5 Å². The highest BCUT2D eigenvalue weighted by atomic mass is 19.2. The molecule has 1 amide bonds. The van der Waals surface area contributed by atoms with Crippen molar-refractivity contribution in [1.82, 2.24) is 19.9 Å². The Kier molecular flexibility index (Phi) is 6.74. The van der Waals surface area contributed by atoms with Crippen LogP contribution in [0.1, 0.15) is 0 Å². The number of para-hydroxylation sites is 1. The van der Waals surface area contributed by atoms with E-state index in [2.05, 4.69) is 37.1 Å². The van der Waals surface area contributed by atoms with Crippen molar-refractivity contribution < 1.29 is 13.6 Å². The molecule has 0 saturated carbocycles. The molecular formula is C27H25F2N7O. The van der Waals surface area contributed by atoms with Crippen LogP contribution in [0.3, 0.4) is 0 Å². The molecule has 8 nitrogen and oxygen atoms in total. The molecule has 0 unspecified atom stereocenters. The number of rotatable bonds is 6. The van der Waals surface area contributed by atoms with Gasteiger partial charge >= 0.3 is 0 Å². The van der Waals surface area contributed by atoms with Crippen molar-refractivity contribution in [1.29, 1.82) is 0 Å². The fourth-order valence-electron chi connectivity index (χ4n) is 4.22. The maximum atomic E-state index is 15.0. The number of nitrogens with one attached hydrogen (secondary N) is 2. The van der Waals surface area contributed by atoms with E-state index in [9.17, 15) is 9.18 Å². The van der Waals surface area contributed by atoms with Gasteiger partial charge in [0.2, 0.25) is 11.9 Å². The van der Waals surface area contributed by atoms with Crippen LogP contribution >= 0.6 is 0 Å². The van der Waals surface area contributed by atoms with Crippen LogP contribution in [0.25, 0.3) is 22.2 Å². The summed E-state index contributed by atoms with van der Waals surface area (Å²) in [5.74, 6) is -2.11. The zero-order valence-electron chi connectivity index (χ0n) is 20.2. The highest BCUT2D eigenvalue weighted by molar-refractivity contribution is 5.99. The Morgan fingerprint density at radius 1 is 1.05 bits per heavy atom. The van der Waals surface area contributed by atoms with Crippen molar-refractivity contribution in [2.24, 2.45) is 0 Å². The number of carbonyl (C=O) groups excluding carboxylic acids is 1. The second-order valence-corrected chi connectivity index (χ2v) is 8.74. The Bertz CT molecular complexity index is 1490. The minimum absolute atomic E-state index is 0.0560. The fraction of sp³-hybridized carbons (Fsp3) is 0.185. The number of benzene rings is 2. The Balaban J connectivity index is 1.45. The minimum atomic E-state index is -0.985. The lowest BCUT2D eigenvalue weighted by atomic mass is 10.1. The summed E-state index contributed by atoms with van der Waals surface area (Å²) in [5, 5.41) is 6.26. The van der Waals surface area contributed by atoms with Crippen LogP contribution in [-0.2, 0) is 4.79 Å². The summed E-state index contributed by atoms with van der Waals surface area (Å²) in [6.45, 7) is 6.28. The predicted octanol–water partition coefficient (Wildman–Crippen LogP) is 4.59. The number of hydrogen-bond acceptors (Lipinski definition) is 7. The molecule has 1 saturated heterocycles. The third-order valence-electron chi connectivity index (χ3n) is 6.25. The van der Waals surface area contributed by atoms with Gasteiger partial charge in [-0.3, -0.25) is 9.78 Å². The Labute approximate surface area is 212 Å². The molecule has 0 bridgehead atoms. The van der Waals surface area contributed by atoms with Crippen molar-refractivity contribution in [3.8, 4) is 11.3 Å². The van der Waals surface area contributed by atoms with Crippen LogP contribution in [0.4, 0.5) is 31.8 Å². The van der Waals surface area contributed by atoms with Gasteiger partial charge in [0.05, 0.1) is 22.6 Å². The van der Waals surface area contributed by atoms with E-state index >= 15 is 4.39 Å². The first kappa shape index (κ1) is 24.3. The highest BCUT2D eigenvalue weighted by Gasteiger charge is 2.22. The number of hydrogen-bond donors (Lipinski definition) is 2. The van der Waals surface area contributed by atoms with E-state index in [-0.39, 0.29) is 23.2 Å². The van der Waals surface area contributed by atoms with Crippen molar-refractivity contribution in [2.45, 2.75) is 0 Å². The van der Waals surface area contributed by atoms with E-state index in [4.69, 9.17) is 0 Å². The van der Waals surface area contributed by atoms with Crippen molar-refractivity contribution in [3.63, 3.8) is 0 Å². The van der Waals surface area contributed by atoms with E-state index in [1.54, 1.807) is 30.6 Å². The van der Waals surface area contributed by atoms with Crippen LogP contribution in [0.2, 0.25) is 0 Å². The van der Waals surface area contributed by atoms with Gasteiger partial charge in [-0.05, 0) is 37.4 Å². The van der Waals surface area contributed by atoms with Gasteiger partial charge in [-0.2, -0.15) is 0 Å². The van der Waals surface area contributed by atoms with E-state index in [0.717, 1.165) is 18.5 Å². The predicted molar refractivity (Wildman–Crippen MR) is 141 cm³/mol. The summed E-state index contributed by atoms with van der Waals surface area (Å²) in [6.07, 6.45) is 4.36. The van der Waals surface area contributed by atoms with E-state index in [1.165, 1.54) is 12.1 Å². The third-order valence-corrected chi connectivity index (χ3v) is 6.25. The van der Waals surface area contributed by atoms with E-state index in [0.29, 0.717) is 35.6 Å². The minimum Gasteiger partial charge on any atom is -0.367 e. The highest BCUT2D eigenvalue weighted by Crippen LogP contribution is 2.31. The molecule has 2 aromatic carbocycles. The molecule has 3 heterocycles. The standard InChI is InChI=1S/C27H25F2N7O/c1-3-23(37)32-18-9-10-30-21(15-18)19-6-4-5-17-16-31-27(34-26(17)19)33-20-7-8-22(25(29)24(20)28)36-13-11-35(2)12-14-36/h3-10,15-16H,1,11-14H2,2H3,(H,30,32,37)(H,31,33,34). The Morgan fingerprint density at radius 2 is 1.86 bits per heavy atom. The molecule has 5 rings (SSSR count). The normalized spacial score (nSPS) is 14.0. The maximum Gasteiger partial charge on any atom is 0.247 e. The first-order valence-electron chi connectivity index (χ1n) is 11.8. The number of likely N-dealkylation sites (N-methyl/N-ethyl adjacent to an activating group) is 1. The summed E-state index contributed by atoms with van der Waals surface area (Å²) in [4.78, 5) is 29.0. The molecule has 0 aliphatic carbocycles. The maximum absolute atomic E-state index is 15.0. The number of fused-ring (bicyclic) bond motifs is 1. The summed E-state index contributed by atoms with van der Waals surface area (Å²) < 4.78 is 30.0. The van der Waals surface area contributed by atoms with Gasteiger partial charge in [-0.1, -0.05) is 24.8 Å². The number of amides is 1. The van der Waals surface area contributed by atoms with Gasteiger partial charge in [0.15, 0.2) is 11.6 Å². The lowest BCUT2D eigenvalue weighted by Crippen LogP contribution is -2.44. The quantitative estimate of drug-likeness (QED) is 0.374. The number of carbonyl (C=O) groups is 1. The van der Waals surface area contributed by atoms with E-state index < -0.39 is 11.6 Å². The van der Waals surface area contributed by atoms with Crippen molar-refractivity contribution in [3.05, 3.63) is 79.1 Å². The van der Waals surface area contributed by atoms with Crippen LogP contribution in [0.15, 0.2) is 67.5 Å². The molecule has 10 heteroatoms. The molecule has 37 heavy (non-hydrogen) atoms. The summed E-state index contributed by atoms with van der Waals surface area (Å²) in [6, 6.07) is 12.0. The van der Waals surface area contributed by atoms with Crippen LogP contribution in [0, 0.1) is 11.6 Å². The third kappa shape index (κ3) is 5.10. The second-order valence-electron chi connectivity index (χ2n) is 8.74. The molecule has 0 radical (unpaired) electrons. The van der Waals surface area contributed by atoms with Gasteiger partial charge in [0, 0.05) is 55.2 Å². The second kappa shape index (κ2) is 10.3. The van der Waals surface area contributed by atoms with Gasteiger partial charge in [0.1, 0.15) is 0 Å². The largest absolute Gasteiger partial charge is 0.367 e. The molecule has 2 N–H and O–H groups in total. The van der Waals surface area contributed by atoms with Crippen LogP contribution in [0.5, 0.6) is 0 Å². The molecular weight excluding hydrogens is 476 g/mol. The average Bonchev–Trinajstić information content (AvgIpc) is 2.92. The van der Waals surface area contributed by atoms with Gasteiger partial charge in [-0.25, -0.2) is 18.7 Å². The summed E-state index contributed by atoms with van der Waals surface area (Å²) in [7, 11) is 2.00.